The van der Waals surface area contributed by atoms with E-state index in [1.165, 1.54) is 11.8 Å². The molecule has 0 bridgehead atoms. The zero-order valence-electron chi connectivity index (χ0n) is 11.2. The first kappa shape index (κ1) is 13.5. The molecule has 2 aliphatic heterocycles. The normalized spacial score (nSPS) is 21.8. The van der Waals surface area contributed by atoms with E-state index >= 15 is 0 Å². The van der Waals surface area contributed by atoms with Crippen molar-refractivity contribution in [3.8, 4) is 0 Å². The summed E-state index contributed by atoms with van der Waals surface area (Å²) in [7, 11) is 0. The lowest BCUT2D eigenvalue weighted by molar-refractivity contribution is -0.124. The van der Waals surface area contributed by atoms with Gasteiger partial charge in [0.25, 0.3) is 0 Å². The lowest BCUT2D eigenvalue weighted by Crippen LogP contribution is -2.36. The lowest BCUT2D eigenvalue weighted by atomic mass is 10.2. The van der Waals surface area contributed by atoms with Crippen LogP contribution < -0.4 is 0 Å². The second-order valence-electron chi connectivity index (χ2n) is 4.70. The largest absolute Gasteiger partial charge is 0.378 e. The van der Waals surface area contributed by atoms with Gasteiger partial charge in [-0.15, -0.1) is 0 Å². The number of amides is 1. The monoisotopic (exact) mass is 291 g/mol. The van der Waals surface area contributed by atoms with E-state index in [4.69, 9.17) is 4.74 Å². The third-order valence-electron chi connectivity index (χ3n) is 3.25. The minimum absolute atomic E-state index is 0.130. The minimum Gasteiger partial charge on any atom is -0.378 e. The fourth-order valence-electron chi connectivity index (χ4n) is 2.17. The van der Waals surface area contributed by atoms with E-state index in [0.29, 0.717) is 25.5 Å². The molecule has 1 aromatic rings. The molecule has 3 rings (SSSR count). The molecule has 0 atom stereocenters. The number of benzene rings is 1. The van der Waals surface area contributed by atoms with Crippen molar-refractivity contribution in [1.82, 2.24) is 9.91 Å². The molecule has 2 fully saturated rings. The van der Waals surface area contributed by atoms with Gasteiger partial charge in [-0.1, -0.05) is 42.1 Å². The highest BCUT2D eigenvalue weighted by Crippen LogP contribution is 2.22. The van der Waals surface area contributed by atoms with Crippen LogP contribution in [0.25, 0.3) is 0 Å². The molecule has 1 amide bonds. The number of thioether (sulfide) groups is 1. The van der Waals surface area contributed by atoms with Gasteiger partial charge in [0.1, 0.15) is 0 Å². The number of hydrogen-bond acceptors (Lipinski definition) is 5. The first-order chi connectivity index (χ1) is 9.83. The number of rotatable bonds is 3. The Morgan fingerprint density at radius 1 is 1.20 bits per heavy atom. The molecule has 20 heavy (non-hydrogen) atoms. The van der Waals surface area contributed by atoms with Crippen LogP contribution in [-0.4, -0.2) is 53.0 Å². The summed E-state index contributed by atoms with van der Waals surface area (Å²) in [6.07, 6.45) is 0. The molecule has 0 aliphatic carbocycles. The predicted molar refractivity (Wildman–Crippen MR) is 79.3 cm³/mol. The Labute approximate surface area is 122 Å². The quantitative estimate of drug-likeness (QED) is 0.843. The van der Waals surface area contributed by atoms with Crippen LogP contribution in [0.5, 0.6) is 0 Å². The Balaban J connectivity index is 1.73. The Bertz CT molecular complexity index is 500. The van der Waals surface area contributed by atoms with Crippen molar-refractivity contribution >= 4 is 22.8 Å². The number of ether oxygens (including phenoxy) is 1. The van der Waals surface area contributed by atoms with E-state index in [1.54, 1.807) is 4.90 Å². The second-order valence-corrected chi connectivity index (χ2v) is 5.65. The molecule has 0 saturated carbocycles. The summed E-state index contributed by atoms with van der Waals surface area (Å²) in [6, 6.07) is 10.0. The average molecular weight is 291 g/mol. The number of amidine groups is 1. The number of carbonyl (C=O) groups is 1. The van der Waals surface area contributed by atoms with Gasteiger partial charge < -0.3 is 4.74 Å². The topological polar surface area (TPSA) is 45.1 Å². The Hall–Kier alpha value is -1.53. The zero-order valence-corrected chi connectivity index (χ0v) is 12.0. The molecule has 2 aliphatic rings. The number of hydrogen-bond donors (Lipinski definition) is 0. The summed E-state index contributed by atoms with van der Waals surface area (Å²) in [6.45, 7) is 3.58. The van der Waals surface area contributed by atoms with Gasteiger partial charge in [0, 0.05) is 0 Å². The van der Waals surface area contributed by atoms with E-state index in [0.717, 1.165) is 23.8 Å². The van der Waals surface area contributed by atoms with Crippen LogP contribution in [0.4, 0.5) is 0 Å². The second kappa shape index (κ2) is 6.28. The first-order valence-corrected chi connectivity index (χ1v) is 7.70. The standard InChI is InChI=1S/C14H17N3O2S/c18-13-11-20-14(15-16-6-8-19-9-7-16)17(13)10-12-4-2-1-3-5-12/h1-5H,6-11H2. The number of hydrazone groups is 1. The van der Waals surface area contributed by atoms with Crippen LogP contribution in [0.3, 0.4) is 0 Å². The number of nitrogens with zero attached hydrogens (tertiary/aromatic N) is 3. The van der Waals surface area contributed by atoms with Gasteiger partial charge in [-0.25, -0.2) is 0 Å². The third kappa shape index (κ3) is 3.13. The fraction of sp³-hybridized carbons (Fsp3) is 0.429. The summed E-state index contributed by atoms with van der Waals surface area (Å²) in [4.78, 5) is 13.8. The van der Waals surface area contributed by atoms with Crippen molar-refractivity contribution in [3.63, 3.8) is 0 Å². The number of carbonyl (C=O) groups excluding carboxylic acids is 1. The first-order valence-electron chi connectivity index (χ1n) is 6.71. The Kier molecular flexibility index (Phi) is 4.22. The molecular weight excluding hydrogens is 274 g/mol. The van der Waals surface area contributed by atoms with Crippen LogP contribution in [0, 0.1) is 0 Å². The highest BCUT2D eigenvalue weighted by molar-refractivity contribution is 8.15. The molecule has 0 unspecified atom stereocenters. The summed E-state index contributed by atoms with van der Waals surface area (Å²) in [5.41, 5.74) is 1.12. The van der Waals surface area contributed by atoms with Gasteiger partial charge >= 0.3 is 0 Å². The molecule has 0 spiro atoms. The minimum atomic E-state index is 0.130. The van der Waals surface area contributed by atoms with Crippen molar-refractivity contribution in [1.29, 1.82) is 0 Å². The Morgan fingerprint density at radius 2 is 1.95 bits per heavy atom. The van der Waals surface area contributed by atoms with Gasteiger partial charge in [-0.2, -0.15) is 5.10 Å². The lowest BCUT2D eigenvalue weighted by Gasteiger charge is -2.25. The Morgan fingerprint density at radius 3 is 2.70 bits per heavy atom. The molecular formula is C14H17N3O2S. The fourth-order valence-corrected chi connectivity index (χ4v) is 3.07. The van der Waals surface area contributed by atoms with Crippen LogP contribution in [-0.2, 0) is 16.1 Å². The van der Waals surface area contributed by atoms with Gasteiger partial charge in [0.05, 0.1) is 38.6 Å². The highest BCUT2D eigenvalue weighted by atomic mass is 32.2. The predicted octanol–water partition coefficient (Wildman–Crippen LogP) is 1.37. The van der Waals surface area contributed by atoms with E-state index in [2.05, 4.69) is 5.10 Å². The van der Waals surface area contributed by atoms with Crippen LogP contribution in [0.2, 0.25) is 0 Å². The summed E-state index contributed by atoms with van der Waals surface area (Å²) < 4.78 is 5.31. The van der Waals surface area contributed by atoms with Gasteiger partial charge in [-0.05, 0) is 5.56 Å². The summed E-state index contributed by atoms with van der Waals surface area (Å²) in [5, 5.41) is 7.40. The smallest absolute Gasteiger partial charge is 0.239 e. The molecule has 5 nitrogen and oxygen atoms in total. The van der Waals surface area contributed by atoms with Gasteiger partial charge in [0.2, 0.25) is 5.91 Å². The van der Waals surface area contributed by atoms with E-state index < -0.39 is 0 Å². The van der Waals surface area contributed by atoms with Crippen LogP contribution in [0.1, 0.15) is 5.56 Å². The van der Waals surface area contributed by atoms with Crippen LogP contribution in [0.15, 0.2) is 35.4 Å². The van der Waals surface area contributed by atoms with Crippen molar-refractivity contribution < 1.29 is 9.53 Å². The van der Waals surface area contributed by atoms with Gasteiger partial charge in [-0.3, -0.25) is 14.7 Å². The molecule has 0 N–H and O–H groups in total. The molecule has 6 heteroatoms. The third-order valence-corrected chi connectivity index (χ3v) is 4.21. The average Bonchev–Trinajstić information content (AvgIpc) is 2.83. The van der Waals surface area contributed by atoms with Crippen molar-refractivity contribution in [2.24, 2.45) is 5.10 Å². The molecule has 0 aromatic heterocycles. The maximum absolute atomic E-state index is 12.0. The summed E-state index contributed by atoms with van der Waals surface area (Å²) in [5.74, 6) is 0.613. The zero-order chi connectivity index (χ0) is 13.8. The SMILES string of the molecule is O=C1CSC(=NN2CCOCC2)N1Cc1ccccc1. The van der Waals surface area contributed by atoms with E-state index in [9.17, 15) is 4.79 Å². The molecule has 2 heterocycles. The highest BCUT2D eigenvalue weighted by Gasteiger charge is 2.29. The maximum Gasteiger partial charge on any atom is 0.239 e. The van der Waals surface area contributed by atoms with Crippen molar-refractivity contribution in [3.05, 3.63) is 35.9 Å². The van der Waals surface area contributed by atoms with E-state index in [1.807, 2.05) is 35.3 Å². The van der Waals surface area contributed by atoms with Crippen LogP contribution >= 0.6 is 11.8 Å². The molecule has 1 aromatic carbocycles. The summed E-state index contributed by atoms with van der Waals surface area (Å²) >= 11 is 1.52. The maximum atomic E-state index is 12.0. The van der Waals surface area contributed by atoms with Crippen molar-refractivity contribution in [2.75, 3.05) is 32.1 Å². The molecule has 2 saturated heterocycles. The number of morpholine rings is 1. The molecule has 0 radical (unpaired) electrons. The van der Waals surface area contributed by atoms with Gasteiger partial charge in [0.15, 0.2) is 5.17 Å². The molecule has 106 valence electrons. The van der Waals surface area contributed by atoms with Crippen molar-refractivity contribution in [2.45, 2.75) is 6.54 Å². The van der Waals surface area contributed by atoms with E-state index in [-0.39, 0.29) is 5.91 Å².